The van der Waals surface area contributed by atoms with Gasteiger partial charge in [-0.05, 0) is 50.2 Å². The predicted octanol–water partition coefficient (Wildman–Crippen LogP) is 2.55. The van der Waals surface area contributed by atoms with Crippen LogP contribution >= 0.6 is 0 Å². The molecule has 188 valence electrons. The maximum Gasteiger partial charge on any atom is 2.00 e. The van der Waals surface area contributed by atoms with Crippen molar-refractivity contribution in [2.24, 2.45) is 10.2 Å². The Morgan fingerprint density at radius 1 is 0.778 bits per heavy atom. The zero-order valence-electron chi connectivity index (χ0n) is 19.1. The first-order valence-electron chi connectivity index (χ1n) is 9.96. The molecule has 2 amide bonds. The largest absolute Gasteiger partial charge is 2.00 e. The summed E-state index contributed by atoms with van der Waals surface area (Å²) >= 11 is 0. The number of carbonyl (C=O) groups excluding carboxylic acids is 2. The van der Waals surface area contributed by atoms with Gasteiger partial charge in [-0.3, -0.25) is 9.59 Å². The van der Waals surface area contributed by atoms with Crippen LogP contribution in [0.2, 0.25) is 0 Å². The summed E-state index contributed by atoms with van der Waals surface area (Å²) < 4.78 is 31.6. The summed E-state index contributed by atoms with van der Waals surface area (Å²) in [5.41, 5.74) is 11.1. The van der Waals surface area contributed by atoms with Gasteiger partial charge in [-0.15, -0.1) is 0 Å². The van der Waals surface area contributed by atoms with Gasteiger partial charge in [0, 0.05) is 11.4 Å². The van der Waals surface area contributed by atoms with Gasteiger partial charge in [0.25, 0.3) is 11.8 Å². The molecule has 0 saturated heterocycles. The van der Waals surface area contributed by atoms with Crippen molar-refractivity contribution in [3.63, 3.8) is 0 Å². The summed E-state index contributed by atoms with van der Waals surface area (Å²) in [6, 6.07) is 23.3. The van der Waals surface area contributed by atoms with Gasteiger partial charge in [-0.2, -0.15) is 8.42 Å². The second kappa shape index (κ2) is 14.6. The van der Waals surface area contributed by atoms with Crippen LogP contribution in [0.5, 0.6) is 0 Å². The van der Waals surface area contributed by atoms with Crippen molar-refractivity contribution in [2.45, 2.75) is 13.8 Å². The zero-order valence-corrected chi connectivity index (χ0v) is 21.0. The molecule has 2 aromatic carbocycles. The molecule has 1 heterocycles. The zero-order chi connectivity index (χ0) is 25.8. The van der Waals surface area contributed by atoms with E-state index in [1.54, 1.807) is 50.2 Å². The third-order valence-corrected chi connectivity index (χ3v) is 4.14. The molecular weight excluding hydrogens is 530 g/mol. The summed E-state index contributed by atoms with van der Waals surface area (Å²) in [5.74, 6) is -0.343. The number of pyridine rings is 1. The second-order valence-electron chi connectivity index (χ2n) is 6.81. The fourth-order valence-electron chi connectivity index (χ4n) is 2.47. The molecule has 0 aliphatic carbocycles. The Labute approximate surface area is 218 Å². The number of aromatic nitrogens is 1. The van der Waals surface area contributed by atoms with Crippen LogP contribution in [0.15, 0.2) is 89.1 Å². The van der Waals surface area contributed by atoms with Crippen LogP contribution in [0, 0.1) is 0 Å². The molecule has 4 N–H and O–H groups in total. The molecule has 0 saturated carbocycles. The molecule has 13 heteroatoms. The van der Waals surface area contributed by atoms with Gasteiger partial charge < -0.3 is 30.2 Å². The van der Waals surface area contributed by atoms with E-state index in [0.29, 0.717) is 33.9 Å². The Bertz CT molecular complexity index is 1240. The van der Waals surface area contributed by atoms with Gasteiger partial charge in [0.15, 0.2) is 0 Å². The van der Waals surface area contributed by atoms with Crippen molar-refractivity contribution < 1.29 is 44.2 Å². The van der Waals surface area contributed by atoms with Gasteiger partial charge in [0.05, 0.1) is 22.5 Å². The minimum absolute atomic E-state index is 0. The topological polar surface area (TPSA) is 189 Å². The van der Waals surface area contributed by atoms with Gasteiger partial charge in [-0.25, -0.2) is 4.98 Å². The quantitative estimate of drug-likeness (QED) is 0.113. The Kier molecular flexibility index (Phi) is 12.3. The van der Waals surface area contributed by atoms with Crippen LogP contribution in [0.1, 0.15) is 36.4 Å². The third-order valence-electron chi connectivity index (χ3n) is 4.14. The van der Waals surface area contributed by atoms with Crippen molar-refractivity contribution in [1.82, 2.24) is 4.98 Å². The van der Waals surface area contributed by atoms with Crippen molar-refractivity contribution in [3.05, 3.63) is 112 Å². The molecule has 0 aliphatic heterocycles. The van der Waals surface area contributed by atoms with Gasteiger partial charge >= 0.3 is 27.5 Å². The van der Waals surface area contributed by atoms with Crippen molar-refractivity contribution in [1.29, 1.82) is 0 Å². The number of benzene rings is 2. The van der Waals surface area contributed by atoms with E-state index in [9.17, 15) is 9.59 Å². The molecule has 0 aliphatic rings. The van der Waals surface area contributed by atoms with Crippen LogP contribution in [0.25, 0.3) is 10.9 Å². The fourth-order valence-corrected chi connectivity index (χ4v) is 2.47. The number of hydrogen-bond acceptors (Lipinski definition) is 6. The number of hydrogen-bond donors (Lipinski definition) is 0. The van der Waals surface area contributed by atoms with E-state index in [1.165, 1.54) is 0 Å². The maximum atomic E-state index is 10.0. The van der Waals surface area contributed by atoms with E-state index in [1.807, 2.05) is 42.5 Å². The summed E-state index contributed by atoms with van der Waals surface area (Å²) in [4.78, 5) is 24.6. The average molecular weight is 553 g/mol. The smallest absolute Gasteiger partial charge is 0.683 e. The van der Waals surface area contributed by atoms with Gasteiger partial charge in [0.2, 0.25) is 0 Å². The van der Waals surface area contributed by atoms with Crippen molar-refractivity contribution >= 4 is 33.6 Å². The van der Waals surface area contributed by atoms with Crippen LogP contribution in [-0.2, 0) is 27.5 Å². The fraction of sp³-hybridized carbons (Fsp3) is 0.0870. The molecule has 0 radical (unpaired) electrons. The Morgan fingerprint density at radius 3 is 1.44 bits per heavy atom. The molecule has 0 fully saturated rings. The van der Waals surface area contributed by atoms with Crippen molar-refractivity contribution in [2.75, 3.05) is 0 Å². The number of rotatable bonds is 6. The van der Waals surface area contributed by atoms with Gasteiger partial charge in [-0.1, -0.05) is 42.5 Å². The van der Waals surface area contributed by atoms with Crippen LogP contribution in [0.4, 0.5) is 0 Å². The molecule has 36 heavy (non-hydrogen) atoms. The molecule has 11 nitrogen and oxygen atoms in total. The molecule has 0 spiro atoms. The minimum atomic E-state index is -4.67. The van der Waals surface area contributed by atoms with Crippen LogP contribution in [-0.4, -0.2) is 55.3 Å². The first kappa shape index (κ1) is 30.3. The van der Waals surface area contributed by atoms with E-state index in [0.717, 1.165) is 0 Å². The second-order valence-corrected chi connectivity index (χ2v) is 7.72. The third kappa shape index (κ3) is 11.1. The normalized spacial score (nSPS) is 11.3. The average Bonchev–Trinajstić information content (AvgIpc) is 2.85. The molecule has 3 rings (SSSR count). The standard InChI is InChI=1S/C23H21N5O2.Fe.H2O4S/c1-16(25-27-22(29)18-10-5-3-6-11-18)20-14-9-15-21(24-20)17(2)26-28-23(30)19-12-7-4-8-13-19;;1-5(2,3)4/h3-15H,1-2H3,(H2,24,27,28,29,30);;(H2,1,2,3,4)/q;+2;. The first-order chi connectivity index (χ1) is 16.5. The summed E-state index contributed by atoms with van der Waals surface area (Å²) in [5, 5.41) is 8.14. The predicted molar refractivity (Wildman–Crippen MR) is 134 cm³/mol. The molecule has 3 aromatic rings. The monoisotopic (exact) mass is 553 g/mol. The molecule has 0 unspecified atom stereocenters. The van der Waals surface area contributed by atoms with Crippen molar-refractivity contribution in [3.8, 4) is 0 Å². The van der Waals surface area contributed by atoms with E-state index in [-0.39, 0.29) is 28.9 Å². The van der Waals surface area contributed by atoms with E-state index in [4.69, 9.17) is 17.5 Å². The Balaban J connectivity index is 0.000000983. The minimum Gasteiger partial charge on any atom is -0.683 e. The maximum absolute atomic E-state index is 10.0. The van der Waals surface area contributed by atoms with E-state index < -0.39 is 10.4 Å². The van der Waals surface area contributed by atoms with Gasteiger partial charge in [0.1, 0.15) is 0 Å². The molecular formula is C23H23FeN5O6S+2. The van der Waals surface area contributed by atoms with Crippen LogP contribution < -0.4 is 0 Å². The summed E-state index contributed by atoms with van der Waals surface area (Å²) in [6.45, 7) is 3.50. The molecule has 1 aromatic heterocycles. The summed E-state index contributed by atoms with van der Waals surface area (Å²) in [6.07, 6.45) is 0. The SMILES string of the molecule is CC(=N[N-]C(=[OH+])c1ccccc1)c1cccc(C(C)=N[N-]C(=[OH+])c2ccccc2)n1.O=S(=O)([O-])[OH2+].[Fe+2]. The van der Waals surface area contributed by atoms with E-state index >= 15 is 0 Å². The number of amides is 2. The molecule has 0 atom stereocenters. The van der Waals surface area contributed by atoms with E-state index in [2.05, 4.69) is 26.0 Å². The van der Waals surface area contributed by atoms with Crippen LogP contribution in [0.3, 0.4) is 0 Å². The Hall–Kier alpha value is -3.74. The molecule has 0 bridgehead atoms. The number of nitrogens with zero attached hydrogens (tertiary/aromatic N) is 5. The Morgan fingerprint density at radius 2 is 1.11 bits per heavy atom. The first-order valence-corrected chi connectivity index (χ1v) is 11.4. The summed E-state index contributed by atoms with van der Waals surface area (Å²) in [7, 11) is -4.67.